The molecule has 2 heterocycles. The largest absolute Gasteiger partial charge is 0.467 e. The van der Waals surface area contributed by atoms with Crippen LogP contribution in [0.3, 0.4) is 0 Å². The zero-order valence-corrected chi connectivity index (χ0v) is 21.8. The van der Waals surface area contributed by atoms with Crippen molar-refractivity contribution in [3.8, 4) is 0 Å². The van der Waals surface area contributed by atoms with Gasteiger partial charge < -0.3 is 25.4 Å². The fourth-order valence-electron chi connectivity index (χ4n) is 3.59. The van der Waals surface area contributed by atoms with Gasteiger partial charge in [-0.15, -0.1) is 11.8 Å². The molecule has 0 saturated carbocycles. The molecule has 1 aromatic heterocycles. The minimum atomic E-state index is -0.938. The number of anilines is 1. The van der Waals surface area contributed by atoms with Crippen molar-refractivity contribution in [3.63, 3.8) is 0 Å². The number of hydrogen-bond donors (Lipinski definition) is 3. The summed E-state index contributed by atoms with van der Waals surface area (Å²) >= 11 is 1.31. The van der Waals surface area contributed by atoms with Gasteiger partial charge in [0, 0.05) is 12.2 Å². The van der Waals surface area contributed by atoms with E-state index in [1.165, 1.54) is 29.5 Å². The highest BCUT2D eigenvalue weighted by Crippen LogP contribution is 2.32. The van der Waals surface area contributed by atoms with E-state index in [1.807, 2.05) is 30.3 Å². The average molecular weight is 531 g/mol. The lowest BCUT2D eigenvalue weighted by atomic mass is 10.1. The molecule has 0 fully saturated rings. The number of nitrogens with zero attached hydrogens (tertiary/aromatic N) is 1. The van der Waals surface area contributed by atoms with Crippen molar-refractivity contribution in [2.24, 2.45) is 0 Å². The van der Waals surface area contributed by atoms with Crippen LogP contribution >= 0.6 is 11.8 Å². The molecule has 37 heavy (non-hydrogen) atoms. The molecule has 198 valence electrons. The fourth-order valence-corrected chi connectivity index (χ4v) is 4.73. The molecule has 2 aromatic rings. The molecule has 0 unspecified atom stereocenters. The second-order valence-corrected chi connectivity index (χ2v) is 10.3. The number of thioether (sulfide) groups is 1. The molecule has 1 aliphatic rings. The second kappa shape index (κ2) is 12.0. The number of aromatic nitrogens is 1. The number of carbonyl (C=O) groups excluding carboxylic acids is 4. The van der Waals surface area contributed by atoms with Crippen molar-refractivity contribution < 1.29 is 28.7 Å². The van der Waals surface area contributed by atoms with E-state index < -0.39 is 53.7 Å². The molecule has 0 radical (unpaired) electrons. The van der Waals surface area contributed by atoms with E-state index in [1.54, 1.807) is 26.8 Å². The van der Waals surface area contributed by atoms with Gasteiger partial charge in [-0.25, -0.2) is 9.59 Å². The van der Waals surface area contributed by atoms with E-state index in [0.717, 1.165) is 5.56 Å². The Balaban J connectivity index is 1.70. The summed E-state index contributed by atoms with van der Waals surface area (Å²) in [5.74, 6) is -1.48. The third kappa shape index (κ3) is 7.59. The Kier molecular flexibility index (Phi) is 8.98. The molecule has 3 N–H and O–H groups in total. The predicted octanol–water partition coefficient (Wildman–Crippen LogP) is 1.86. The predicted molar refractivity (Wildman–Crippen MR) is 137 cm³/mol. The highest BCUT2D eigenvalue weighted by atomic mass is 32.2. The van der Waals surface area contributed by atoms with Gasteiger partial charge >= 0.3 is 12.1 Å². The molecular weight excluding hydrogens is 500 g/mol. The highest BCUT2D eigenvalue weighted by molar-refractivity contribution is 7.99. The summed E-state index contributed by atoms with van der Waals surface area (Å²) in [6.45, 7) is 4.67. The first-order valence-corrected chi connectivity index (χ1v) is 12.5. The highest BCUT2D eigenvalue weighted by Gasteiger charge is 2.33. The first-order chi connectivity index (χ1) is 17.5. The Morgan fingerprint density at radius 2 is 1.81 bits per heavy atom. The van der Waals surface area contributed by atoms with Crippen LogP contribution in [-0.2, 0) is 30.3 Å². The van der Waals surface area contributed by atoms with E-state index in [4.69, 9.17) is 9.47 Å². The maximum absolute atomic E-state index is 13.2. The minimum absolute atomic E-state index is 0.0474. The van der Waals surface area contributed by atoms with Gasteiger partial charge in [0.25, 0.3) is 5.56 Å². The van der Waals surface area contributed by atoms with Gasteiger partial charge in [0.1, 0.15) is 29.9 Å². The van der Waals surface area contributed by atoms with E-state index in [-0.39, 0.29) is 17.9 Å². The van der Waals surface area contributed by atoms with Gasteiger partial charge in [0.05, 0.1) is 12.1 Å². The summed E-state index contributed by atoms with van der Waals surface area (Å²) in [7, 11) is 1.24. The van der Waals surface area contributed by atoms with Gasteiger partial charge in [-0.3, -0.25) is 19.0 Å². The Labute approximate surface area is 218 Å². The molecule has 11 nitrogen and oxygen atoms in total. The number of carbonyl (C=O) groups is 4. The first-order valence-electron chi connectivity index (χ1n) is 11.6. The van der Waals surface area contributed by atoms with Crippen molar-refractivity contribution in [3.05, 3.63) is 58.4 Å². The van der Waals surface area contributed by atoms with Crippen LogP contribution in [0.5, 0.6) is 0 Å². The maximum Gasteiger partial charge on any atom is 0.408 e. The topological polar surface area (TPSA) is 145 Å². The quantitative estimate of drug-likeness (QED) is 0.439. The van der Waals surface area contributed by atoms with Crippen LogP contribution in [0.15, 0.2) is 52.3 Å². The van der Waals surface area contributed by atoms with Crippen LogP contribution in [0.25, 0.3) is 0 Å². The third-order valence-corrected chi connectivity index (χ3v) is 6.34. The van der Waals surface area contributed by atoms with Crippen LogP contribution in [0.1, 0.15) is 32.4 Å². The van der Waals surface area contributed by atoms with Gasteiger partial charge in [-0.05, 0) is 38.5 Å². The molecule has 12 heteroatoms. The van der Waals surface area contributed by atoms with Gasteiger partial charge in [-0.2, -0.15) is 0 Å². The van der Waals surface area contributed by atoms with Crippen molar-refractivity contribution >= 4 is 41.3 Å². The summed E-state index contributed by atoms with van der Waals surface area (Å²) in [6, 6.07) is 10.4. The van der Waals surface area contributed by atoms with Gasteiger partial charge in [-0.1, -0.05) is 30.3 Å². The van der Waals surface area contributed by atoms with Crippen molar-refractivity contribution in [1.29, 1.82) is 0 Å². The fraction of sp³-hybridized carbons (Fsp3) is 0.400. The second-order valence-electron chi connectivity index (χ2n) is 9.26. The van der Waals surface area contributed by atoms with Crippen molar-refractivity contribution in [2.75, 3.05) is 24.7 Å². The van der Waals surface area contributed by atoms with Crippen LogP contribution in [-0.4, -0.2) is 59.5 Å². The zero-order chi connectivity index (χ0) is 27.2. The minimum Gasteiger partial charge on any atom is -0.467 e. The molecule has 0 spiro atoms. The monoisotopic (exact) mass is 530 g/mol. The Morgan fingerprint density at radius 3 is 2.46 bits per heavy atom. The van der Waals surface area contributed by atoms with E-state index in [0.29, 0.717) is 5.03 Å². The number of nitrogens with one attached hydrogen (secondary N) is 3. The SMILES string of the molecule is COC(=O)[C@H](Cc1ccccc1)NC(=O)[C@@H]1CSc2ccc(NC(=O)CNC(=O)OC(C)(C)C)c(=O)n21. The lowest BCUT2D eigenvalue weighted by Crippen LogP contribution is -2.47. The number of hydrogen-bond acceptors (Lipinski definition) is 8. The number of fused-ring (bicyclic) bond motifs is 1. The summed E-state index contributed by atoms with van der Waals surface area (Å²) in [5.41, 5.74) is -0.512. The summed E-state index contributed by atoms with van der Waals surface area (Å²) < 4.78 is 11.2. The lowest BCUT2D eigenvalue weighted by molar-refractivity contribution is -0.145. The Bertz CT molecular complexity index is 1220. The summed E-state index contributed by atoms with van der Waals surface area (Å²) in [6.07, 6.45) is -0.543. The number of esters is 1. The average Bonchev–Trinajstić information content (AvgIpc) is 3.28. The molecular formula is C25H30N4O7S. The number of ether oxygens (including phenoxy) is 2. The van der Waals surface area contributed by atoms with Gasteiger partial charge in [0.2, 0.25) is 11.8 Å². The molecule has 0 bridgehead atoms. The molecule has 0 saturated heterocycles. The smallest absolute Gasteiger partial charge is 0.408 e. The molecule has 1 aliphatic heterocycles. The molecule has 1 aromatic carbocycles. The standard InChI is InChI=1S/C25H30N4O7S/c1-25(2,3)36-24(34)26-13-19(30)27-16-10-11-20-29(22(16)32)18(14-37-20)21(31)28-17(23(33)35-4)12-15-8-6-5-7-9-15/h5-11,17-18H,12-14H2,1-4H3,(H,26,34)(H,27,30)(H,28,31)/t17-,18-/m0/s1. The normalized spacial score (nSPS) is 15.2. The van der Waals surface area contributed by atoms with Crippen LogP contribution < -0.4 is 21.5 Å². The van der Waals surface area contributed by atoms with Crippen LogP contribution in [0.4, 0.5) is 10.5 Å². The number of pyridine rings is 1. The van der Waals surface area contributed by atoms with Gasteiger partial charge in [0.15, 0.2) is 0 Å². The Morgan fingerprint density at radius 1 is 1.11 bits per heavy atom. The summed E-state index contributed by atoms with van der Waals surface area (Å²) in [4.78, 5) is 62.7. The number of rotatable bonds is 8. The van der Waals surface area contributed by atoms with E-state index in [9.17, 15) is 24.0 Å². The maximum atomic E-state index is 13.2. The van der Waals surface area contributed by atoms with Crippen molar-refractivity contribution in [1.82, 2.24) is 15.2 Å². The molecule has 0 aliphatic carbocycles. The zero-order valence-electron chi connectivity index (χ0n) is 21.0. The molecule has 3 amide bonds. The number of methoxy groups -OCH3 is 1. The number of benzene rings is 1. The number of alkyl carbamates (subject to hydrolysis) is 1. The number of amides is 3. The first kappa shape index (κ1) is 27.8. The third-order valence-electron chi connectivity index (χ3n) is 5.23. The summed E-state index contributed by atoms with van der Waals surface area (Å²) in [5, 5.41) is 8.03. The van der Waals surface area contributed by atoms with Crippen LogP contribution in [0, 0.1) is 0 Å². The lowest BCUT2D eigenvalue weighted by Gasteiger charge is -2.20. The molecule has 2 atom stereocenters. The van der Waals surface area contributed by atoms with Crippen molar-refractivity contribution in [2.45, 2.75) is 49.9 Å². The van der Waals surface area contributed by atoms with E-state index in [2.05, 4.69) is 16.0 Å². The van der Waals surface area contributed by atoms with Crippen LogP contribution in [0.2, 0.25) is 0 Å². The Hall–Kier alpha value is -3.80. The van der Waals surface area contributed by atoms with E-state index >= 15 is 0 Å². The molecule has 3 rings (SSSR count).